The number of aliphatic hydroxyl groups is 1. The van der Waals surface area contributed by atoms with Crippen molar-refractivity contribution < 1.29 is 38.1 Å². The second-order valence-electron chi connectivity index (χ2n) is 11.4. The molecule has 4 N–H and O–H groups in total. The molecular formula is C39H40FN5O7. The van der Waals surface area contributed by atoms with Crippen LogP contribution in [0.5, 0.6) is 0 Å². The fourth-order valence-electron chi connectivity index (χ4n) is 5.01. The quantitative estimate of drug-likeness (QED) is 0.113. The predicted octanol–water partition coefficient (Wildman–Crippen LogP) is 4.03. The lowest BCUT2D eigenvalue weighted by Crippen LogP contribution is -2.46. The summed E-state index contributed by atoms with van der Waals surface area (Å²) in [6.45, 7) is 3.57. The van der Waals surface area contributed by atoms with E-state index in [0.29, 0.717) is 17.7 Å². The number of carbonyl (C=O) groups is 4. The molecule has 5 rings (SSSR count). The number of nitrogens with one attached hydrogen (secondary N) is 1. The highest BCUT2D eigenvalue weighted by molar-refractivity contribution is 6.36. The monoisotopic (exact) mass is 709 g/mol. The van der Waals surface area contributed by atoms with Crippen LogP contribution in [0.15, 0.2) is 116 Å². The number of rotatable bonds is 14. The molecule has 52 heavy (non-hydrogen) atoms. The van der Waals surface area contributed by atoms with Crippen molar-refractivity contribution in [2.45, 2.75) is 44.9 Å². The summed E-state index contributed by atoms with van der Waals surface area (Å²) >= 11 is 0. The summed E-state index contributed by atoms with van der Waals surface area (Å²) < 4.78 is 24.3. The van der Waals surface area contributed by atoms with Crippen LogP contribution < -0.4 is 11.1 Å². The largest absolute Gasteiger partial charge is 0.464 e. The summed E-state index contributed by atoms with van der Waals surface area (Å²) in [6.07, 6.45) is 2.43. The number of hydrogen-bond acceptors (Lipinski definition) is 10. The van der Waals surface area contributed by atoms with Gasteiger partial charge in [0.05, 0.1) is 24.5 Å². The molecule has 0 aliphatic carbocycles. The zero-order chi connectivity index (χ0) is 37.5. The SMILES string of the molecule is CCOC(=O)C(=O)C(Cc1ccccc1)NC(=O)c1cccnc1-n1ccc(-c2ccc(F)cc2)n1.CCOC(=O)C(O)C(N)Cc1ccccc1. The van der Waals surface area contributed by atoms with Crippen molar-refractivity contribution in [3.05, 3.63) is 138 Å². The van der Waals surface area contributed by atoms with Gasteiger partial charge in [0.2, 0.25) is 0 Å². The van der Waals surface area contributed by atoms with E-state index in [1.807, 2.05) is 36.4 Å². The molecule has 3 unspecified atom stereocenters. The molecule has 0 bridgehead atoms. The van der Waals surface area contributed by atoms with E-state index in [2.05, 4.69) is 15.4 Å². The molecule has 0 aliphatic rings. The number of aliphatic hydroxyl groups excluding tert-OH is 1. The molecule has 0 spiro atoms. The van der Waals surface area contributed by atoms with Gasteiger partial charge in [0.15, 0.2) is 11.9 Å². The van der Waals surface area contributed by atoms with Gasteiger partial charge in [-0.2, -0.15) is 5.10 Å². The Hall–Kier alpha value is -6.05. The maximum Gasteiger partial charge on any atom is 0.376 e. The Balaban J connectivity index is 0.000000317. The minimum absolute atomic E-state index is 0.0407. The number of nitrogens with two attached hydrogens (primary N) is 1. The standard InChI is InChI=1S/C27H23FN4O4.C12H17NO3/c1-2-36-27(35)24(33)23(17-18-7-4-3-5-8-18)30-26(34)21-9-6-15-29-25(21)32-16-14-22(31-32)19-10-12-20(28)13-11-19;1-2-16-12(15)11(14)10(13)8-9-6-4-3-5-7-9/h3-16,23H,2,17H2,1H3,(H,30,34);3-7,10-11,14H,2,8,13H2,1H3. The van der Waals surface area contributed by atoms with E-state index in [9.17, 15) is 28.7 Å². The second-order valence-corrected chi connectivity index (χ2v) is 11.4. The molecule has 3 atom stereocenters. The van der Waals surface area contributed by atoms with Gasteiger partial charge in [0.1, 0.15) is 11.9 Å². The fourth-order valence-corrected chi connectivity index (χ4v) is 5.01. The highest BCUT2D eigenvalue weighted by Gasteiger charge is 2.30. The van der Waals surface area contributed by atoms with Gasteiger partial charge in [0, 0.05) is 30.4 Å². The number of nitrogens with zero attached hydrogens (tertiary/aromatic N) is 3. The molecule has 2 aromatic heterocycles. The number of amides is 1. The van der Waals surface area contributed by atoms with Gasteiger partial charge >= 0.3 is 11.9 Å². The Morgan fingerprint density at radius 2 is 1.44 bits per heavy atom. The number of halogens is 1. The van der Waals surface area contributed by atoms with E-state index in [1.54, 1.807) is 74.6 Å². The van der Waals surface area contributed by atoms with Crippen molar-refractivity contribution in [2.24, 2.45) is 5.73 Å². The Kier molecular flexibility index (Phi) is 14.4. The highest BCUT2D eigenvalue weighted by atomic mass is 19.1. The van der Waals surface area contributed by atoms with Gasteiger partial charge in [-0.3, -0.25) is 9.59 Å². The number of pyridine rings is 1. The summed E-state index contributed by atoms with van der Waals surface area (Å²) in [5.74, 6) is -3.26. The minimum Gasteiger partial charge on any atom is -0.464 e. The lowest BCUT2D eigenvalue weighted by atomic mass is 10.0. The number of aromatic nitrogens is 3. The lowest BCUT2D eigenvalue weighted by Gasteiger charge is -2.18. The van der Waals surface area contributed by atoms with E-state index in [-0.39, 0.29) is 36.8 Å². The molecule has 0 saturated carbocycles. The first-order valence-corrected chi connectivity index (χ1v) is 16.6. The van der Waals surface area contributed by atoms with Crippen LogP contribution in [0.25, 0.3) is 17.1 Å². The molecule has 1 amide bonds. The number of Topliss-reactive ketones (excluding diaryl/α,β-unsaturated/α-hetero) is 1. The zero-order valence-corrected chi connectivity index (χ0v) is 28.7. The number of ketones is 1. The van der Waals surface area contributed by atoms with Gasteiger partial charge in [-0.05, 0) is 73.9 Å². The number of esters is 2. The van der Waals surface area contributed by atoms with Crippen LogP contribution in [0.1, 0.15) is 35.3 Å². The Morgan fingerprint density at radius 1 is 0.827 bits per heavy atom. The van der Waals surface area contributed by atoms with Crippen molar-refractivity contribution in [2.75, 3.05) is 13.2 Å². The van der Waals surface area contributed by atoms with Gasteiger partial charge < -0.3 is 25.6 Å². The first-order chi connectivity index (χ1) is 25.1. The van der Waals surface area contributed by atoms with E-state index < -0.39 is 41.8 Å². The molecule has 270 valence electrons. The van der Waals surface area contributed by atoms with Crippen molar-refractivity contribution in [3.8, 4) is 17.1 Å². The third-order valence-electron chi connectivity index (χ3n) is 7.61. The van der Waals surface area contributed by atoms with Crippen LogP contribution in [0.4, 0.5) is 4.39 Å². The van der Waals surface area contributed by atoms with Crippen molar-refractivity contribution >= 4 is 23.6 Å². The molecule has 13 heteroatoms. The van der Waals surface area contributed by atoms with E-state index in [4.69, 9.17) is 15.2 Å². The Bertz CT molecular complexity index is 1920. The molecular weight excluding hydrogens is 669 g/mol. The summed E-state index contributed by atoms with van der Waals surface area (Å²) in [5, 5.41) is 16.7. The third-order valence-corrected chi connectivity index (χ3v) is 7.61. The lowest BCUT2D eigenvalue weighted by molar-refractivity contribution is -0.154. The smallest absolute Gasteiger partial charge is 0.376 e. The predicted molar refractivity (Wildman–Crippen MR) is 191 cm³/mol. The van der Waals surface area contributed by atoms with Crippen LogP contribution in [-0.2, 0) is 36.7 Å². The average Bonchev–Trinajstić information content (AvgIpc) is 3.66. The average molecular weight is 710 g/mol. The molecule has 0 radical (unpaired) electrons. The molecule has 2 heterocycles. The van der Waals surface area contributed by atoms with E-state index in [1.165, 1.54) is 23.0 Å². The van der Waals surface area contributed by atoms with E-state index >= 15 is 0 Å². The van der Waals surface area contributed by atoms with Crippen molar-refractivity contribution in [1.82, 2.24) is 20.1 Å². The summed E-state index contributed by atoms with van der Waals surface area (Å²) in [4.78, 5) is 53.8. The molecule has 12 nitrogen and oxygen atoms in total. The van der Waals surface area contributed by atoms with Gasteiger partial charge in [0.25, 0.3) is 11.7 Å². The number of ether oxygens (including phenoxy) is 2. The van der Waals surface area contributed by atoms with E-state index in [0.717, 1.165) is 11.1 Å². The number of carbonyl (C=O) groups excluding carboxylic acids is 4. The van der Waals surface area contributed by atoms with Crippen LogP contribution in [0, 0.1) is 5.82 Å². The van der Waals surface area contributed by atoms with Crippen LogP contribution in [0.3, 0.4) is 0 Å². The Labute approximate surface area is 300 Å². The zero-order valence-electron chi connectivity index (χ0n) is 28.7. The summed E-state index contributed by atoms with van der Waals surface area (Å²) in [6, 6.07) is 27.5. The third kappa shape index (κ3) is 11.0. The highest BCUT2D eigenvalue weighted by Crippen LogP contribution is 2.20. The van der Waals surface area contributed by atoms with Gasteiger partial charge in [-0.1, -0.05) is 60.7 Å². The molecule has 0 saturated heterocycles. The first kappa shape index (κ1) is 38.7. The summed E-state index contributed by atoms with van der Waals surface area (Å²) in [5.41, 5.74) is 8.89. The Morgan fingerprint density at radius 3 is 2.06 bits per heavy atom. The topological polar surface area (TPSA) is 176 Å². The first-order valence-electron chi connectivity index (χ1n) is 16.6. The number of benzene rings is 3. The van der Waals surface area contributed by atoms with Crippen molar-refractivity contribution in [3.63, 3.8) is 0 Å². The normalized spacial score (nSPS) is 12.3. The van der Waals surface area contributed by atoms with Crippen LogP contribution in [-0.4, -0.2) is 74.9 Å². The maximum absolute atomic E-state index is 13.3. The molecule has 3 aromatic carbocycles. The molecule has 0 aliphatic heterocycles. The molecule has 5 aromatic rings. The van der Waals surface area contributed by atoms with Crippen molar-refractivity contribution in [1.29, 1.82) is 0 Å². The second kappa shape index (κ2) is 19.4. The number of hydrogen-bond donors (Lipinski definition) is 3. The van der Waals surface area contributed by atoms with Gasteiger partial charge in [-0.15, -0.1) is 0 Å². The maximum atomic E-state index is 13.3. The molecule has 0 fully saturated rings. The van der Waals surface area contributed by atoms with Crippen LogP contribution in [0.2, 0.25) is 0 Å². The fraction of sp³-hybridized carbons (Fsp3) is 0.231. The van der Waals surface area contributed by atoms with Gasteiger partial charge in [-0.25, -0.2) is 23.6 Å². The summed E-state index contributed by atoms with van der Waals surface area (Å²) in [7, 11) is 0. The van der Waals surface area contributed by atoms with Crippen LogP contribution >= 0.6 is 0 Å². The minimum atomic E-state index is -1.26.